The van der Waals surface area contributed by atoms with Gasteiger partial charge in [0.05, 0.1) is 40.5 Å². The highest BCUT2D eigenvalue weighted by molar-refractivity contribution is 6.35. The normalized spacial score (nSPS) is 11.2. The summed E-state index contributed by atoms with van der Waals surface area (Å²) in [5.74, 6) is -0.191. The van der Waals surface area contributed by atoms with Crippen molar-refractivity contribution in [1.29, 1.82) is 0 Å². The summed E-state index contributed by atoms with van der Waals surface area (Å²) in [5, 5.41) is 12.9. The highest BCUT2D eigenvalue weighted by atomic mass is 35.5. The number of benzene rings is 1. The van der Waals surface area contributed by atoms with Crippen LogP contribution in [-0.2, 0) is 4.79 Å². The number of H-pyrrole nitrogens is 1. The third kappa shape index (κ3) is 2.44. The second-order valence-electron chi connectivity index (χ2n) is 5.49. The van der Waals surface area contributed by atoms with Crippen LogP contribution in [0, 0.1) is 5.82 Å². The molecule has 0 atom stereocenters. The molecule has 1 aromatic carbocycles. The van der Waals surface area contributed by atoms with Crippen molar-refractivity contribution >= 4 is 46.1 Å². The van der Waals surface area contributed by atoms with Gasteiger partial charge in [-0.2, -0.15) is 5.10 Å². The van der Waals surface area contributed by atoms with Crippen molar-refractivity contribution in [2.24, 2.45) is 0 Å². The van der Waals surface area contributed by atoms with Crippen LogP contribution in [0.4, 0.5) is 15.9 Å². The molecular formula is C16H13ClFN7O. The van der Waals surface area contributed by atoms with Crippen LogP contribution in [0.25, 0.3) is 27.8 Å². The Bertz CT molecular complexity index is 1140. The third-order valence-corrected chi connectivity index (χ3v) is 4.30. The number of hydrogen-bond donors (Lipinski definition) is 3. The summed E-state index contributed by atoms with van der Waals surface area (Å²) >= 11 is 6.33. The average Bonchev–Trinajstić information content (AvgIpc) is 3.25. The van der Waals surface area contributed by atoms with Crippen LogP contribution in [0.1, 0.15) is 6.92 Å². The molecule has 8 nitrogen and oxygen atoms in total. The molecule has 3 N–H and O–H groups in total. The number of amides is 1. The van der Waals surface area contributed by atoms with E-state index in [2.05, 4.69) is 30.8 Å². The van der Waals surface area contributed by atoms with Crippen molar-refractivity contribution in [3.05, 3.63) is 35.6 Å². The summed E-state index contributed by atoms with van der Waals surface area (Å²) in [6.45, 7) is 2.40. The Balaban J connectivity index is 1.95. The van der Waals surface area contributed by atoms with Crippen LogP contribution in [0.15, 0.2) is 24.8 Å². The van der Waals surface area contributed by atoms with E-state index in [1.54, 1.807) is 23.0 Å². The number of anilines is 2. The van der Waals surface area contributed by atoms with Gasteiger partial charge in [-0.15, -0.1) is 0 Å². The van der Waals surface area contributed by atoms with Gasteiger partial charge < -0.3 is 15.0 Å². The lowest BCUT2D eigenvalue weighted by atomic mass is 10.1. The van der Waals surface area contributed by atoms with Crippen LogP contribution >= 0.6 is 11.6 Å². The molecule has 26 heavy (non-hydrogen) atoms. The van der Waals surface area contributed by atoms with Crippen molar-refractivity contribution in [3.8, 4) is 11.3 Å². The second-order valence-corrected chi connectivity index (χ2v) is 5.87. The molecule has 0 radical (unpaired) electrons. The maximum absolute atomic E-state index is 14.8. The molecule has 0 bridgehead atoms. The zero-order chi connectivity index (χ0) is 18.3. The fourth-order valence-electron chi connectivity index (χ4n) is 2.87. The first-order valence-corrected chi connectivity index (χ1v) is 8.15. The third-order valence-electron chi connectivity index (χ3n) is 3.95. The molecule has 10 heteroatoms. The number of aromatic amines is 1. The summed E-state index contributed by atoms with van der Waals surface area (Å²) in [5.41, 5.74) is 2.19. The molecule has 0 saturated carbocycles. The number of nitrogens with zero attached hydrogens (tertiary/aromatic N) is 4. The Morgan fingerprint density at radius 3 is 3.00 bits per heavy atom. The van der Waals surface area contributed by atoms with Gasteiger partial charge >= 0.3 is 0 Å². The molecule has 4 aromatic rings. The minimum Gasteiger partial charge on any atom is -0.381 e. The van der Waals surface area contributed by atoms with E-state index in [1.807, 2.05) is 6.92 Å². The molecule has 1 amide bonds. The quantitative estimate of drug-likeness (QED) is 0.467. The standard InChI is InChI=1S/C16H13ClFN7O/c1-2-19-16-14(18)13(17)12(8-3-22-24-15(8)16)9-5-25-6-10(21-7-26)23-11(25)4-20-9/h3-7,19H,2H2,1H3,(H,21,26)(H,22,24). The first-order chi connectivity index (χ1) is 12.6. The number of halogens is 2. The predicted molar refractivity (Wildman–Crippen MR) is 96.9 cm³/mol. The fraction of sp³-hybridized carbons (Fsp3) is 0.125. The summed E-state index contributed by atoms with van der Waals surface area (Å²) in [6, 6.07) is 0. The highest BCUT2D eigenvalue weighted by Gasteiger charge is 2.22. The molecule has 3 heterocycles. The van der Waals surface area contributed by atoms with E-state index in [9.17, 15) is 9.18 Å². The van der Waals surface area contributed by atoms with Crippen LogP contribution in [0.5, 0.6) is 0 Å². The van der Waals surface area contributed by atoms with Gasteiger partial charge in [0.1, 0.15) is 0 Å². The summed E-state index contributed by atoms with van der Waals surface area (Å²) in [7, 11) is 0. The molecule has 0 aliphatic heterocycles. The Morgan fingerprint density at radius 1 is 1.38 bits per heavy atom. The fourth-order valence-corrected chi connectivity index (χ4v) is 3.16. The summed E-state index contributed by atoms with van der Waals surface area (Å²) in [4.78, 5) is 19.1. The number of imidazole rings is 1. The highest BCUT2D eigenvalue weighted by Crippen LogP contribution is 2.40. The van der Waals surface area contributed by atoms with E-state index in [0.29, 0.717) is 46.6 Å². The van der Waals surface area contributed by atoms with Gasteiger partial charge in [0.15, 0.2) is 17.3 Å². The van der Waals surface area contributed by atoms with Gasteiger partial charge in [-0.05, 0) is 6.92 Å². The Hall–Kier alpha value is -3.20. The van der Waals surface area contributed by atoms with E-state index in [-0.39, 0.29) is 10.7 Å². The number of aromatic nitrogens is 5. The largest absolute Gasteiger partial charge is 0.381 e. The van der Waals surface area contributed by atoms with Crippen LogP contribution in [-0.4, -0.2) is 37.5 Å². The van der Waals surface area contributed by atoms with Gasteiger partial charge in [0, 0.05) is 23.7 Å². The minimum atomic E-state index is -0.573. The molecule has 0 fully saturated rings. The van der Waals surface area contributed by atoms with Crippen molar-refractivity contribution in [1.82, 2.24) is 24.6 Å². The lowest BCUT2D eigenvalue weighted by Crippen LogP contribution is -2.02. The van der Waals surface area contributed by atoms with E-state index in [1.165, 1.54) is 6.20 Å². The molecule has 0 unspecified atom stereocenters. The maximum atomic E-state index is 14.8. The van der Waals surface area contributed by atoms with E-state index in [0.717, 1.165) is 0 Å². The zero-order valence-electron chi connectivity index (χ0n) is 13.5. The monoisotopic (exact) mass is 373 g/mol. The summed E-state index contributed by atoms with van der Waals surface area (Å²) < 4.78 is 16.5. The number of carbonyl (C=O) groups excluding carboxylic acids is 1. The number of hydrogen-bond acceptors (Lipinski definition) is 5. The molecular weight excluding hydrogens is 361 g/mol. The Kier molecular flexibility index (Phi) is 3.92. The number of fused-ring (bicyclic) bond motifs is 2. The van der Waals surface area contributed by atoms with E-state index < -0.39 is 5.82 Å². The first kappa shape index (κ1) is 16.3. The summed E-state index contributed by atoms with van der Waals surface area (Å²) in [6.07, 6.45) is 6.92. The van der Waals surface area contributed by atoms with Crippen molar-refractivity contribution in [2.75, 3.05) is 17.2 Å². The molecule has 3 aromatic heterocycles. The molecule has 0 aliphatic carbocycles. The van der Waals surface area contributed by atoms with Crippen LogP contribution < -0.4 is 10.6 Å². The topological polar surface area (TPSA) is 100 Å². The molecule has 0 spiro atoms. The van der Waals surface area contributed by atoms with Gasteiger partial charge in [-0.1, -0.05) is 11.6 Å². The Labute approximate surface area is 151 Å². The first-order valence-electron chi connectivity index (χ1n) is 7.77. The second kappa shape index (κ2) is 6.26. The Morgan fingerprint density at radius 2 is 2.23 bits per heavy atom. The lowest BCUT2D eigenvalue weighted by molar-refractivity contribution is -0.105. The molecule has 4 rings (SSSR count). The zero-order valence-corrected chi connectivity index (χ0v) is 14.3. The lowest BCUT2D eigenvalue weighted by Gasteiger charge is -2.12. The van der Waals surface area contributed by atoms with E-state index >= 15 is 0 Å². The average molecular weight is 374 g/mol. The smallest absolute Gasteiger partial charge is 0.212 e. The predicted octanol–water partition coefficient (Wildman–Crippen LogP) is 3.07. The van der Waals surface area contributed by atoms with Crippen molar-refractivity contribution in [3.63, 3.8) is 0 Å². The van der Waals surface area contributed by atoms with E-state index in [4.69, 9.17) is 11.6 Å². The van der Waals surface area contributed by atoms with Crippen molar-refractivity contribution < 1.29 is 9.18 Å². The minimum absolute atomic E-state index is 0.0481. The van der Waals surface area contributed by atoms with Crippen molar-refractivity contribution in [2.45, 2.75) is 6.92 Å². The molecule has 0 aliphatic rings. The molecule has 0 saturated heterocycles. The number of carbonyl (C=O) groups is 1. The van der Waals surface area contributed by atoms with Gasteiger partial charge in [0.2, 0.25) is 6.41 Å². The van der Waals surface area contributed by atoms with Gasteiger partial charge in [0.25, 0.3) is 0 Å². The van der Waals surface area contributed by atoms with Crippen LogP contribution in [0.2, 0.25) is 5.02 Å². The van der Waals surface area contributed by atoms with Gasteiger partial charge in [-0.3, -0.25) is 14.9 Å². The molecule has 132 valence electrons. The van der Waals surface area contributed by atoms with Gasteiger partial charge in [-0.25, -0.2) is 9.37 Å². The maximum Gasteiger partial charge on any atom is 0.212 e. The number of nitrogens with one attached hydrogen (secondary N) is 3. The van der Waals surface area contributed by atoms with Crippen LogP contribution in [0.3, 0.4) is 0 Å². The SMILES string of the molecule is CCNc1c(F)c(Cl)c(-c2cn3cc(NC=O)nc3cn2)c2cn[nH]c12. The number of rotatable bonds is 5.